The molecule has 3 aromatic carbocycles. The van der Waals surface area contributed by atoms with E-state index < -0.39 is 22.7 Å². The molecule has 0 unspecified atom stereocenters. The van der Waals surface area contributed by atoms with Gasteiger partial charge in [-0.3, -0.25) is 10.1 Å². The molecule has 0 fully saturated rings. The average molecular weight is 504 g/mol. The van der Waals surface area contributed by atoms with Gasteiger partial charge >= 0.3 is 12.1 Å². The number of non-ortho nitro benzene ring substituents is 1. The minimum Gasteiger partial charge on any atom is -0.506 e. The van der Waals surface area contributed by atoms with Gasteiger partial charge in [0.05, 0.1) is 33.1 Å². The van der Waals surface area contributed by atoms with Crippen molar-refractivity contribution in [2.75, 3.05) is 22.2 Å². The Morgan fingerprint density at radius 1 is 1.03 bits per heavy atom. The molecule has 0 aromatic heterocycles. The Labute approximate surface area is 204 Å². The van der Waals surface area contributed by atoms with Crippen molar-refractivity contribution in [3.8, 4) is 5.75 Å². The van der Waals surface area contributed by atoms with Gasteiger partial charge in [-0.2, -0.15) is 0 Å². The Hall–Kier alpha value is -3.96. The predicted molar refractivity (Wildman–Crippen MR) is 135 cm³/mol. The minimum atomic E-state index is -0.642. The number of nitrogens with zero attached hydrogens (tertiary/aromatic N) is 1. The lowest BCUT2D eigenvalue weighted by Crippen LogP contribution is -2.20. The van der Waals surface area contributed by atoms with Crippen LogP contribution in [-0.4, -0.2) is 28.3 Å². The number of halogens is 1. The number of aromatic hydroxyl groups is 1. The molecule has 3 aromatic rings. The number of benzene rings is 3. The maximum Gasteiger partial charge on any atom is 0.323 e. The van der Waals surface area contributed by atoms with E-state index in [4.69, 9.17) is 17.3 Å². The third-order valence-corrected chi connectivity index (χ3v) is 5.38. The van der Waals surface area contributed by atoms with E-state index in [2.05, 4.69) is 16.0 Å². The largest absolute Gasteiger partial charge is 0.506 e. The van der Waals surface area contributed by atoms with Crippen LogP contribution < -0.4 is 21.7 Å². The van der Waals surface area contributed by atoms with Crippen molar-refractivity contribution in [1.29, 1.82) is 0 Å². The summed E-state index contributed by atoms with van der Waals surface area (Å²) in [6.45, 7) is 1.78. The normalized spacial score (nSPS) is 9.85. The standard InChI is InChI=1S/C14H12ClN3O4.C8H10N2OS/c1-8-3-2-4-10(15)13(8)17-14(20)16-11-6-5-9(18(21)22)7-12(11)19;1-12-7-5-3-2-4-6(7)10-8(9)11/h2-7,19H,1H3,(H2,16,17,20);2-5H,1H3,(H3,9,10,11). The van der Waals surface area contributed by atoms with Crippen molar-refractivity contribution in [1.82, 2.24) is 0 Å². The molecule has 10 nitrogen and oxygen atoms in total. The number of para-hydroxylation sites is 2. The Balaban J connectivity index is 0.000000287. The van der Waals surface area contributed by atoms with E-state index in [0.29, 0.717) is 10.7 Å². The van der Waals surface area contributed by atoms with Crippen molar-refractivity contribution in [3.05, 3.63) is 81.4 Å². The lowest BCUT2D eigenvalue weighted by molar-refractivity contribution is -0.384. The summed E-state index contributed by atoms with van der Waals surface area (Å²) >= 11 is 7.56. The molecular formula is C22H22ClN5O5S. The highest BCUT2D eigenvalue weighted by Gasteiger charge is 2.13. The molecule has 0 saturated heterocycles. The first-order valence-electron chi connectivity index (χ1n) is 9.62. The molecule has 4 amide bonds. The van der Waals surface area contributed by atoms with Crippen LogP contribution in [0.4, 0.5) is 32.3 Å². The van der Waals surface area contributed by atoms with Gasteiger partial charge in [-0.05, 0) is 43.0 Å². The summed E-state index contributed by atoms with van der Waals surface area (Å²) in [7, 11) is 0. The van der Waals surface area contributed by atoms with E-state index >= 15 is 0 Å². The molecule has 0 heterocycles. The van der Waals surface area contributed by atoms with Gasteiger partial charge in [-0.15, -0.1) is 11.8 Å². The van der Waals surface area contributed by atoms with E-state index in [1.54, 1.807) is 36.9 Å². The predicted octanol–water partition coefficient (Wildman–Crippen LogP) is 5.81. The van der Waals surface area contributed by atoms with Crippen molar-refractivity contribution in [2.45, 2.75) is 11.8 Å². The fraction of sp³-hybridized carbons (Fsp3) is 0.0909. The number of hydrogen-bond donors (Lipinski definition) is 5. The number of amides is 4. The lowest BCUT2D eigenvalue weighted by atomic mass is 10.2. The van der Waals surface area contributed by atoms with Crippen LogP contribution >= 0.6 is 23.4 Å². The molecule has 0 aliphatic heterocycles. The number of nitro benzene ring substituents is 1. The van der Waals surface area contributed by atoms with Gasteiger partial charge in [0.25, 0.3) is 5.69 Å². The van der Waals surface area contributed by atoms with Gasteiger partial charge < -0.3 is 26.8 Å². The number of nitrogens with one attached hydrogen (secondary N) is 3. The fourth-order valence-electron chi connectivity index (χ4n) is 2.68. The zero-order valence-electron chi connectivity index (χ0n) is 18.2. The van der Waals surface area contributed by atoms with Crippen molar-refractivity contribution in [3.63, 3.8) is 0 Å². The van der Waals surface area contributed by atoms with Gasteiger partial charge in [0, 0.05) is 11.0 Å². The molecule has 12 heteroatoms. The number of aryl methyl sites for hydroxylation is 1. The SMILES string of the molecule is CSc1ccccc1NC(N)=O.Cc1cccc(Cl)c1NC(=O)Nc1ccc([N+](=O)[O-])cc1O. The van der Waals surface area contributed by atoms with E-state index in [0.717, 1.165) is 22.2 Å². The molecule has 0 aliphatic carbocycles. The van der Waals surface area contributed by atoms with Crippen LogP contribution in [0.1, 0.15) is 5.56 Å². The van der Waals surface area contributed by atoms with E-state index in [1.807, 2.05) is 30.5 Å². The maximum absolute atomic E-state index is 11.9. The number of phenolic OH excluding ortho intramolecular Hbond substituents is 1. The topological polar surface area (TPSA) is 160 Å². The second kappa shape index (κ2) is 12.3. The van der Waals surface area contributed by atoms with Gasteiger partial charge in [-0.1, -0.05) is 35.9 Å². The summed E-state index contributed by atoms with van der Waals surface area (Å²) in [5, 5.41) is 28.2. The molecule has 0 radical (unpaired) electrons. The number of primary amides is 1. The maximum atomic E-state index is 11.9. The van der Waals surface area contributed by atoms with Crippen LogP contribution in [0.2, 0.25) is 5.02 Å². The molecule has 0 aliphatic rings. The van der Waals surface area contributed by atoms with Gasteiger partial charge in [0.15, 0.2) is 0 Å². The second-order valence-electron chi connectivity index (χ2n) is 6.66. The highest BCUT2D eigenvalue weighted by molar-refractivity contribution is 7.98. The first-order valence-corrected chi connectivity index (χ1v) is 11.2. The Morgan fingerprint density at radius 2 is 1.74 bits per heavy atom. The number of thioether (sulfide) groups is 1. The van der Waals surface area contributed by atoms with E-state index in [-0.39, 0.29) is 11.4 Å². The van der Waals surface area contributed by atoms with Crippen LogP contribution in [-0.2, 0) is 0 Å². The summed E-state index contributed by atoms with van der Waals surface area (Å²) in [4.78, 5) is 33.4. The molecule has 0 bridgehead atoms. The number of phenols is 1. The Morgan fingerprint density at radius 3 is 2.32 bits per heavy atom. The summed E-state index contributed by atoms with van der Waals surface area (Å²) in [6, 6.07) is 14.9. The van der Waals surface area contributed by atoms with Gasteiger partial charge in [0.1, 0.15) is 5.75 Å². The number of carbonyl (C=O) groups excluding carboxylic acids is 2. The zero-order chi connectivity index (χ0) is 25.3. The highest BCUT2D eigenvalue weighted by atomic mass is 35.5. The molecule has 0 spiro atoms. The first kappa shape index (κ1) is 26.3. The second-order valence-corrected chi connectivity index (χ2v) is 7.91. The molecule has 0 saturated carbocycles. The molecule has 34 heavy (non-hydrogen) atoms. The molecule has 6 N–H and O–H groups in total. The van der Waals surface area contributed by atoms with E-state index in [9.17, 15) is 24.8 Å². The quantitative estimate of drug-likeness (QED) is 0.128. The van der Waals surface area contributed by atoms with E-state index in [1.165, 1.54) is 12.1 Å². The number of hydrogen-bond acceptors (Lipinski definition) is 6. The first-order chi connectivity index (χ1) is 16.1. The zero-order valence-corrected chi connectivity index (χ0v) is 19.7. The lowest BCUT2D eigenvalue weighted by Gasteiger charge is -2.12. The fourth-order valence-corrected chi connectivity index (χ4v) is 3.50. The molecule has 178 valence electrons. The van der Waals surface area contributed by atoms with Gasteiger partial charge in [-0.25, -0.2) is 9.59 Å². The Bertz CT molecular complexity index is 1190. The molecule has 0 atom stereocenters. The number of anilines is 3. The molecular weight excluding hydrogens is 482 g/mol. The van der Waals surface area contributed by atoms with Crippen molar-refractivity contribution >= 4 is 58.2 Å². The van der Waals surface area contributed by atoms with Crippen LogP contribution in [0.3, 0.4) is 0 Å². The third kappa shape index (κ3) is 7.57. The average Bonchev–Trinajstić information content (AvgIpc) is 2.78. The van der Waals surface area contributed by atoms with Crippen LogP contribution in [0.15, 0.2) is 65.6 Å². The van der Waals surface area contributed by atoms with Gasteiger partial charge in [0.2, 0.25) is 0 Å². The number of urea groups is 2. The number of nitro groups is 1. The van der Waals surface area contributed by atoms with Crippen LogP contribution in [0, 0.1) is 17.0 Å². The number of carbonyl (C=O) groups is 2. The monoisotopic (exact) mass is 503 g/mol. The summed E-state index contributed by atoms with van der Waals surface area (Å²) in [5.74, 6) is -0.403. The third-order valence-electron chi connectivity index (χ3n) is 4.27. The summed E-state index contributed by atoms with van der Waals surface area (Å²) < 4.78 is 0. The number of rotatable bonds is 5. The summed E-state index contributed by atoms with van der Waals surface area (Å²) in [6.07, 6.45) is 1.95. The Kier molecular flexibility index (Phi) is 9.53. The number of nitrogens with two attached hydrogens (primary N) is 1. The van der Waals surface area contributed by atoms with Crippen LogP contribution in [0.25, 0.3) is 0 Å². The molecule has 3 rings (SSSR count). The van der Waals surface area contributed by atoms with Crippen LogP contribution in [0.5, 0.6) is 5.75 Å². The highest BCUT2D eigenvalue weighted by Crippen LogP contribution is 2.29. The smallest absolute Gasteiger partial charge is 0.323 e. The van der Waals surface area contributed by atoms with Crippen molar-refractivity contribution in [2.24, 2.45) is 5.73 Å². The minimum absolute atomic E-state index is 0.0489. The van der Waals surface area contributed by atoms with Crippen molar-refractivity contribution < 1.29 is 19.6 Å². The summed E-state index contributed by atoms with van der Waals surface area (Å²) in [5.41, 5.74) is 6.75.